The van der Waals surface area contributed by atoms with Gasteiger partial charge in [-0.2, -0.15) is 0 Å². The van der Waals surface area contributed by atoms with E-state index in [0.717, 1.165) is 0 Å². The van der Waals surface area contributed by atoms with E-state index in [1.807, 2.05) is 0 Å². The summed E-state index contributed by atoms with van der Waals surface area (Å²) < 4.78 is 26.9. The summed E-state index contributed by atoms with van der Waals surface area (Å²) in [6, 6.07) is 12.2. The molecule has 0 atom stereocenters. The van der Waals surface area contributed by atoms with Gasteiger partial charge in [-0.3, -0.25) is 4.79 Å². The summed E-state index contributed by atoms with van der Waals surface area (Å²) >= 11 is 6.22. The van der Waals surface area contributed by atoms with E-state index in [0.29, 0.717) is 58.0 Å². The fraction of sp³-hybridized carbons (Fsp3) is 0.304. The Bertz CT molecular complexity index is 1040. The third kappa shape index (κ3) is 5.15. The Balaban J connectivity index is 1.87. The number of halogens is 1. The predicted octanol–water partition coefficient (Wildman–Crippen LogP) is 4.31. The fourth-order valence-electron chi connectivity index (χ4n) is 3.20. The Morgan fingerprint density at radius 1 is 1.03 bits per heavy atom. The van der Waals surface area contributed by atoms with E-state index in [1.54, 1.807) is 68.7 Å². The smallest absolute Gasteiger partial charge is 0.255 e. The lowest BCUT2D eigenvalue weighted by atomic mass is 10.1. The second-order valence-electron chi connectivity index (χ2n) is 6.80. The Kier molecular flexibility index (Phi) is 7.97. The number of methoxy groups -OCH3 is 4. The Labute approximate surface area is 191 Å². The van der Waals surface area contributed by atoms with Crippen LogP contribution in [-0.4, -0.2) is 57.6 Å². The molecule has 0 aliphatic heterocycles. The van der Waals surface area contributed by atoms with Crippen LogP contribution < -0.4 is 14.2 Å². The molecule has 0 saturated heterocycles. The van der Waals surface area contributed by atoms with Crippen molar-refractivity contribution in [1.29, 1.82) is 0 Å². The van der Waals surface area contributed by atoms with Gasteiger partial charge in [0.15, 0.2) is 17.3 Å². The van der Waals surface area contributed by atoms with E-state index in [-0.39, 0.29) is 12.5 Å². The number of ether oxygens (including phenoxy) is 4. The molecule has 2 aromatic carbocycles. The maximum atomic E-state index is 13.1. The minimum absolute atomic E-state index is 0.218. The highest BCUT2D eigenvalue weighted by Crippen LogP contribution is 2.41. The molecule has 0 aliphatic carbocycles. The SMILES string of the molecule is COCCN(Cc1cc(-c2cc(OC)c(OC)c(OC)c2)on1)C(=O)c1ccccc1Cl. The van der Waals surface area contributed by atoms with Crippen molar-refractivity contribution in [1.82, 2.24) is 10.1 Å². The molecular formula is C23H25ClN2O6. The summed E-state index contributed by atoms with van der Waals surface area (Å²) in [5.41, 5.74) is 1.68. The first-order valence-electron chi connectivity index (χ1n) is 9.81. The molecule has 3 rings (SSSR count). The van der Waals surface area contributed by atoms with E-state index in [9.17, 15) is 4.79 Å². The molecule has 0 saturated carbocycles. The van der Waals surface area contributed by atoms with Crippen LogP contribution in [0.3, 0.4) is 0 Å². The molecular weight excluding hydrogens is 436 g/mol. The summed E-state index contributed by atoms with van der Waals surface area (Å²) in [6.45, 7) is 0.960. The van der Waals surface area contributed by atoms with Crippen molar-refractivity contribution in [2.24, 2.45) is 0 Å². The first-order chi connectivity index (χ1) is 15.5. The number of carbonyl (C=O) groups is 1. The first kappa shape index (κ1) is 23.4. The summed E-state index contributed by atoms with van der Waals surface area (Å²) in [7, 11) is 6.20. The second-order valence-corrected chi connectivity index (χ2v) is 7.20. The number of amides is 1. The van der Waals surface area contributed by atoms with Gasteiger partial charge >= 0.3 is 0 Å². The van der Waals surface area contributed by atoms with E-state index in [4.69, 9.17) is 35.1 Å². The third-order valence-corrected chi connectivity index (χ3v) is 5.15. The zero-order valence-electron chi connectivity index (χ0n) is 18.4. The lowest BCUT2D eigenvalue weighted by Crippen LogP contribution is -2.33. The number of rotatable bonds is 10. The highest BCUT2D eigenvalue weighted by Gasteiger charge is 2.21. The van der Waals surface area contributed by atoms with Crippen LogP contribution in [0.25, 0.3) is 11.3 Å². The van der Waals surface area contributed by atoms with Gasteiger partial charge in [0, 0.05) is 25.3 Å². The summed E-state index contributed by atoms with van der Waals surface area (Å²) in [4.78, 5) is 14.7. The molecule has 9 heteroatoms. The second kappa shape index (κ2) is 10.9. The summed E-state index contributed by atoms with van der Waals surface area (Å²) in [5, 5.41) is 4.52. The Morgan fingerprint density at radius 3 is 2.31 bits per heavy atom. The molecule has 0 bridgehead atoms. The van der Waals surface area contributed by atoms with E-state index >= 15 is 0 Å². The number of nitrogens with zero attached hydrogens (tertiary/aromatic N) is 2. The molecule has 8 nitrogen and oxygen atoms in total. The van der Waals surface area contributed by atoms with Crippen molar-refractivity contribution >= 4 is 17.5 Å². The molecule has 0 aliphatic rings. The highest BCUT2D eigenvalue weighted by atomic mass is 35.5. The maximum absolute atomic E-state index is 13.1. The number of hydrogen-bond donors (Lipinski definition) is 0. The molecule has 0 unspecified atom stereocenters. The molecule has 0 N–H and O–H groups in total. The molecule has 0 fully saturated rings. The van der Waals surface area contributed by atoms with Crippen LogP contribution in [0.2, 0.25) is 5.02 Å². The minimum Gasteiger partial charge on any atom is -0.493 e. The van der Waals surface area contributed by atoms with Crippen LogP contribution in [-0.2, 0) is 11.3 Å². The van der Waals surface area contributed by atoms with Crippen molar-refractivity contribution < 1.29 is 28.3 Å². The van der Waals surface area contributed by atoms with Crippen LogP contribution in [0.1, 0.15) is 16.1 Å². The van der Waals surface area contributed by atoms with E-state index < -0.39 is 0 Å². The topological polar surface area (TPSA) is 83.3 Å². The summed E-state index contributed by atoms with van der Waals surface area (Å²) in [5.74, 6) is 1.75. The number of carbonyl (C=O) groups excluding carboxylic acids is 1. The molecule has 1 amide bonds. The van der Waals surface area contributed by atoms with Gasteiger partial charge < -0.3 is 28.4 Å². The Hall–Kier alpha value is -3.23. The van der Waals surface area contributed by atoms with E-state index in [1.165, 1.54) is 7.11 Å². The van der Waals surface area contributed by atoms with Crippen LogP contribution >= 0.6 is 11.6 Å². The molecule has 32 heavy (non-hydrogen) atoms. The molecule has 3 aromatic rings. The van der Waals surface area contributed by atoms with Crippen molar-refractivity contribution in [2.75, 3.05) is 41.6 Å². The lowest BCUT2D eigenvalue weighted by molar-refractivity contribution is 0.0676. The highest BCUT2D eigenvalue weighted by molar-refractivity contribution is 6.33. The van der Waals surface area contributed by atoms with Crippen LogP contribution in [0.15, 0.2) is 47.0 Å². The van der Waals surface area contributed by atoms with Gasteiger partial charge in [-0.05, 0) is 24.3 Å². The van der Waals surface area contributed by atoms with Gasteiger partial charge in [-0.25, -0.2) is 0 Å². The van der Waals surface area contributed by atoms with E-state index in [2.05, 4.69) is 5.16 Å². The summed E-state index contributed by atoms with van der Waals surface area (Å²) in [6.07, 6.45) is 0. The number of hydrogen-bond acceptors (Lipinski definition) is 7. The average molecular weight is 461 g/mol. The zero-order chi connectivity index (χ0) is 23.1. The van der Waals surface area contributed by atoms with Crippen molar-refractivity contribution in [3.8, 4) is 28.6 Å². The van der Waals surface area contributed by atoms with Crippen LogP contribution in [0.5, 0.6) is 17.2 Å². The predicted molar refractivity (Wildman–Crippen MR) is 120 cm³/mol. The monoisotopic (exact) mass is 460 g/mol. The van der Waals surface area contributed by atoms with Gasteiger partial charge in [0.05, 0.1) is 45.1 Å². The number of benzene rings is 2. The quantitative estimate of drug-likeness (QED) is 0.445. The number of aromatic nitrogens is 1. The zero-order valence-corrected chi connectivity index (χ0v) is 19.1. The Morgan fingerprint density at radius 2 is 1.72 bits per heavy atom. The minimum atomic E-state index is -0.218. The normalized spacial score (nSPS) is 10.7. The molecule has 0 radical (unpaired) electrons. The van der Waals surface area contributed by atoms with Gasteiger partial charge in [-0.15, -0.1) is 0 Å². The lowest BCUT2D eigenvalue weighted by Gasteiger charge is -2.21. The van der Waals surface area contributed by atoms with Crippen molar-refractivity contribution in [2.45, 2.75) is 6.54 Å². The average Bonchev–Trinajstić information content (AvgIpc) is 3.29. The molecule has 170 valence electrons. The van der Waals surface area contributed by atoms with Crippen LogP contribution in [0, 0.1) is 0 Å². The third-order valence-electron chi connectivity index (χ3n) is 4.82. The fourth-order valence-corrected chi connectivity index (χ4v) is 3.42. The largest absolute Gasteiger partial charge is 0.493 e. The van der Waals surface area contributed by atoms with Gasteiger partial charge in [0.25, 0.3) is 5.91 Å². The van der Waals surface area contributed by atoms with Gasteiger partial charge in [-0.1, -0.05) is 28.9 Å². The van der Waals surface area contributed by atoms with Crippen LogP contribution in [0.4, 0.5) is 0 Å². The van der Waals surface area contributed by atoms with Gasteiger partial charge in [0.1, 0.15) is 5.69 Å². The van der Waals surface area contributed by atoms with Crippen molar-refractivity contribution in [3.05, 3.63) is 58.7 Å². The molecule has 0 spiro atoms. The first-order valence-corrected chi connectivity index (χ1v) is 10.2. The standard InChI is InChI=1S/C23H25ClN2O6/c1-28-10-9-26(23(27)17-7-5-6-8-18(17)24)14-16-13-19(32-25-16)15-11-20(29-2)22(31-4)21(12-15)30-3/h5-8,11-13H,9-10,14H2,1-4H3. The molecule has 1 heterocycles. The van der Waals surface area contributed by atoms with Gasteiger partial charge in [0.2, 0.25) is 5.75 Å². The maximum Gasteiger partial charge on any atom is 0.255 e. The van der Waals surface area contributed by atoms with Crippen molar-refractivity contribution in [3.63, 3.8) is 0 Å². The molecule has 1 aromatic heterocycles.